The lowest BCUT2D eigenvalue weighted by molar-refractivity contribution is -0.125. The smallest absolute Gasteiger partial charge is 0.299 e. The standard InChI is InChI=1S/C28H22N8O2/c1-2-38-24-14-25(28-21(15-29)18-32-36(28)19-24)20-6-8-26(31-17-20)34-10-12-35(13-11-34)27(37)9-7-22-4-3-5-23(16-30)33-22/h3-6,8,14,17-19H,2,10-13H2,1H3. The summed E-state index contributed by atoms with van der Waals surface area (Å²) in [6.45, 7) is 4.69. The molecular formula is C28H22N8O2. The van der Waals surface area contributed by atoms with E-state index in [0.717, 1.165) is 16.9 Å². The Hall–Kier alpha value is -5.40. The molecule has 0 aliphatic carbocycles. The second-order valence-electron chi connectivity index (χ2n) is 8.44. The van der Waals surface area contributed by atoms with Gasteiger partial charge in [0, 0.05) is 49.4 Å². The summed E-state index contributed by atoms with van der Waals surface area (Å²) in [4.78, 5) is 25.1. The highest BCUT2D eigenvalue weighted by atomic mass is 16.5. The van der Waals surface area contributed by atoms with Gasteiger partial charge in [-0.25, -0.2) is 14.5 Å². The number of amides is 1. The normalized spacial score (nSPS) is 12.8. The van der Waals surface area contributed by atoms with E-state index in [4.69, 9.17) is 10.00 Å². The molecule has 4 aromatic heterocycles. The van der Waals surface area contributed by atoms with Crippen LogP contribution in [0.4, 0.5) is 5.82 Å². The van der Waals surface area contributed by atoms with Gasteiger partial charge in [0.25, 0.3) is 5.91 Å². The first kappa shape index (κ1) is 24.3. The molecule has 186 valence electrons. The van der Waals surface area contributed by atoms with Crippen molar-refractivity contribution in [3.63, 3.8) is 0 Å². The molecule has 0 atom stereocenters. The molecule has 38 heavy (non-hydrogen) atoms. The van der Waals surface area contributed by atoms with Crippen LogP contribution in [-0.2, 0) is 4.79 Å². The Labute approximate surface area is 219 Å². The Bertz CT molecular complexity index is 1640. The number of aromatic nitrogens is 4. The summed E-state index contributed by atoms with van der Waals surface area (Å²) in [5.41, 5.74) is 3.49. The van der Waals surface area contributed by atoms with Crippen LogP contribution in [-0.4, -0.2) is 63.2 Å². The van der Waals surface area contributed by atoms with Gasteiger partial charge in [-0.3, -0.25) is 4.79 Å². The third kappa shape index (κ3) is 4.95. The second-order valence-corrected chi connectivity index (χ2v) is 8.44. The van der Waals surface area contributed by atoms with Gasteiger partial charge in [0.2, 0.25) is 0 Å². The number of carbonyl (C=O) groups is 1. The van der Waals surface area contributed by atoms with Crippen molar-refractivity contribution >= 4 is 17.2 Å². The lowest BCUT2D eigenvalue weighted by Gasteiger charge is -2.34. The minimum atomic E-state index is -0.274. The van der Waals surface area contributed by atoms with Crippen molar-refractivity contribution in [2.75, 3.05) is 37.7 Å². The first-order valence-corrected chi connectivity index (χ1v) is 12.0. The quantitative estimate of drug-likeness (QED) is 0.390. The fourth-order valence-corrected chi connectivity index (χ4v) is 4.28. The number of anilines is 1. The van der Waals surface area contributed by atoms with E-state index in [1.807, 2.05) is 31.2 Å². The fourth-order valence-electron chi connectivity index (χ4n) is 4.28. The van der Waals surface area contributed by atoms with Crippen LogP contribution in [0.1, 0.15) is 23.9 Å². The van der Waals surface area contributed by atoms with E-state index in [0.29, 0.717) is 55.3 Å². The van der Waals surface area contributed by atoms with Gasteiger partial charge in [-0.2, -0.15) is 15.6 Å². The number of hydrogen-bond acceptors (Lipinski definition) is 8. The molecule has 5 rings (SSSR count). The Morgan fingerprint density at radius 3 is 2.58 bits per heavy atom. The molecule has 5 heterocycles. The van der Waals surface area contributed by atoms with Crippen molar-refractivity contribution < 1.29 is 9.53 Å². The highest BCUT2D eigenvalue weighted by Crippen LogP contribution is 2.31. The largest absolute Gasteiger partial charge is 0.492 e. The average molecular weight is 503 g/mol. The number of ether oxygens (including phenoxy) is 1. The fraction of sp³-hybridized carbons (Fsp3) is 0.214. The van der Waals surface area contributed by atoms with Crippen LogP contribution in [0.5, 0.6) is 5.75 Å². The van der Waals surface area contributed by atoms with E-state index in [1.165, 1.54) is 0 Å². The van der Waals surface area contributed by atoms with Gasteiger partial charge in [-0.1, -0.05) is 6.07 Å². The second kappa shape index (κ2) is 10.7. The van der Waals surface area contributed by atoms with Crippen LogP contribution in [0.25, 0.3) is 16.6 Å². The van der Waals surface area contributed by atoms with Crippen molar-refractivity contribution in [2.45, 2.75) is 6.92 Å². The van der Waals surface area contributed by atoms with Crippen LogP contribution in [0, 0.1) is 34.5 Å². The molecule has 1 fully saturated rings. The van der Waals surface area contributed by atoms with E-state index in [1.54, 1.807) is 46.2 Å². The molecule has 10 nitrogen and oxygen atoms in total. The Kier molecular flexibility index (Phi) is 6.84. The number of carbonyl (C=O) groups excluding carboxylic acids is 1. The molecule has 4 aromatic rings. The molecule has 0 aromatic carbocycles. The molecule has 0 bridgehead atoms. The zero-order valence-electron chi connectivity index (χ0n) is 20.6. The zero-order valence-corrected chi connectivity index (χ0v) is 20.6. The third-order valence-corrected chi connectivity index (χ3v) is 6.13. The summed E-state index contributed by atoms with van der Waals surface area (Å²) in [6.07, 6.45) is 5.08. The number of hydrogen-bond donors (Lipinski definition) is 0. The molecule has 0 N–H and O–H groups in total. The van der Waals surface area contributed by atoms with Gasteiger partial charge in [0.15, 0.2) is 0 Å². The van der Waals surface area contributed by atoms with Crippen molar-refractivity contribution in [3.05, 3.63) is 71.9 Å². The number of piperazine rings is 1. The predicted molar refractivity (Wildman–Crippen MR) is 139 cm³/mol. The minimum Gasteiger partial charge on any atom is -0.492 e. The Balaban J connectivity index is 1.28. The monoisotopic (exact) mass is 502 g/mol. The van der Waals surface area contributed by atoms with Crippen LogP contribution in [0.2, 0.25) is 0 Å². The molecule has 0 spiro atoms. The zero-order chi connectivity index (χ0) is 26.5. The highest BCUT2D eigenvalue weighted by molar-refractivity contribution is 5.94. The van der Waals surface area contributed by atoms with Crippen molar-refractivity contribution in [1.29, 1.82) is 10.5 Å². The van der Waals surface area contributed by atoms with Gasteiger partial charge < -0.3 is 14.5 Å². The average Bonchev–Trinajstić information content (AvgIpc) is 3.39. The molecule has 1 aliphatic rings. The summed E-state index contributed by atoms with van der Waals surface area (Å²) in [7, 11) is 0. The van der Waals surface area contributed by atoms with Gasteiger partial charge >= 0.3 is 0 Å². The first-order chi connectivity index (χ1) is 18.6. The van der Waals surface area contributed by atoms with Gasteiger partial charge in [0.05, 0.1) is 30.1 Å². The lowest BCUT2D eigenvalue weighted by Crippen LogP contribution is -2.48. The topological polar surface area (TPSA) is 123 Å². The summed E-state index contributed by atoms with van der Waals surface area (Å²) in [5, 5.41) is 22.8. The summed E-state index contributed by atoms with van der Waals surface area (Å²) >= 11 is 0. The maximum absolute atomic E-state index is 12.6. The lowest BCUT2D eigenvalue weighted by atomic mass is 10.1. The minimum absolute atomic E-state index is 0.262. The molecule has 10 heteroatoms. The molecule has 1 amide bonds. The van der Waals surface area contributed by atoms with Crippen LogP contribution in [0.3, 0.4) is 0 Å². The molecule has 0 unspecified atom stereocenters. The van der Waals surface area contributed by atoms with Crippen LogP contribution < -0.4 is 9.64 Å². The van der Waals surface area contributed by atoms with Gasteiger partial charge in [0.1, 0.15) is 35.1 Å². The number of nitriles is 2. The van der Waals surface area contributed by atoms with Crippen molar-refractivity contribution in [3.8, 4) is 40.9 Å². The summed E-state index contributed by atoms with van der Waals surface area (Å²) < 4.78 is 7.34. The molecule has 0 saturated carbocycles. The first-order valence-electron chi connectivity index (χ1n) is 12.0. The number of nitrogens with zero attached hydrogens (tertiary/aromatic N) is 8. The van der Waals surface area contributed by atoms with Gasteiger partial charge in [-0.15, -0.1) is 0 Å². The third-order valence-electron chi connectivity index (χ3n) is 6.13. The van der Waals surface area contributed by atoms with Crippen LogP contribution in [0.15, 0.2) is 55.0 Å². The van der Waals surface area contributed by atoms with Crippen molar-refractivity contribution in [2.24, 2.45) is 0 Å². The summed E-state index contributed by atoms with van der Waals surface area (Å²) in [6, 6.07) is 14.9. The predicted octanol–water partition coefficient (Wildman–Crippen LogP) is 2.63. The number of fused-ring (bicyclic) bond motifs is 1. The number of rotatable bonds is 4. The summed E-state index contributed by atoms with van der Waals surface area (Å²) in [5.74, 6) is 6.56. The molecule has 0 radical (unpaired) electrons. The molecule has 1 aliphatic heterocycles. The number of pyridine rings is 3. The van der Waals surface area contributed by atoms with E-state index >= 15 is 0 Å². The SMILES string of the molecule is CCOc1cc(-c2ccc(N3CCN(C(=O)C#Cc4cccc(C#N)n4)CC3)nc2)c2c(C#N)cnn2c1. The van der Waals surface area contributed by atoms with E-state index < -0.39 is 0 Å². The Morgan fingerprint density at radius 2 is 1.87 bits per heavy atom. The van der Waals surface area contributed by atoms with E-state index in [2.05, 4.69) is 37.9 Å². The van der Waals surface area contributed by atoms with Gasteiger partial charge in [-0.05, 0) is 43.2 Å². The Morgan fingerprint density at radius 1 is 1.05 bits per heavy atom. The maximum atomic E-state index is 12.6. The molecule has 1 saturated heterocycles. The van der Waals surface area contributed by atoms with Crippen LogP contribution >= 0.6 is 0 Å². The maximum Gasteiger partial charge on any atom is 0.299 e. The highest BCUT2D eigenvalue weighted by Gasteiger charge is 2.21. The van der Waals surface area contributed by atoms with E-state index in [-0.39, 0.29) is 11.6 Å². The van der Waals surface area contributed by atoms with E-state index in [9.17, 15) is 10.1 Å². The molecular weight excluding hydrogens is 480 g/mol. The van der Waals surface area contributed by atoms with Crippen molar-refractivity contribution in [1.82, 2.24) is 24.5 Å².